The number of benzene rings is 1. The molecule has 2 rings (SSSR count). The molecule has 0 bridgehead atoms. The third-order valence-electron chi connectivity index (χ3n) is 3.57. The Morgan fingerprint density at radius 3 is 2.50 bits per heavy atom. The quantitative estimate of drug-likeness (QED) is 0.763. The number of fused-ring (bicyclic) bond motifs is 1. The van der Waals surface area contributed by atoms with E-state index in [1.165, 1.54) is 16.7 Å². The summed E-state index contributed by atoms with van der Waals surface area (Å²) in [6.45, 7) is 9.05. The molecule has 2 heteroatoms. The zero-order chi connectivity index (χ0) is 13.7. The standard InChI is InChI=1S/C14H20FN.C2H6/c1-10(2)11-4-5-12-7-14(8-15)16(3)9-13(12)6-11;1-2/h4-6,10,14H,7-9H2,1-3H3;1-2H3. The third-order valence-corrected chi connectivity index (χ3v) is 3.57. The van der Waals surface area contributed by atoms with Crippen LogP contribution in [0.25, 0.3) is 0 Å². The summed E-state index contributed by atoms with van der Waals surface area (Å²) in [7, 11) is 2.01. The summed E-state index contributed by atoms with van der Waals surface area (Å²) in [5, 5.41) is 0. The average molecular weight is 251 g/mol. The van der Waals surface area contributed by atoms with Crippen molar-refractivity contribution in [1.29, 1.82) is 0 Å². The molecule has 1 aliphatic rings. The lowest BCUT2D eigenvalue weighted by atomic mass is 9.91. The third kappa shape index (κ3) is 3.32. The van der Waals surface area contributed by atoms with E-state index in [0.29, 0.717) is 5.92 Å². The minimum absolute atomic E-state index is 0.0670. The second-order valence-corrected chi connectivity index (χ2v) is 5.11. The van der Waals surface area contributed by atoms with Gasteiger partial charge in [0.05, 0.1) is 0 Å². The Balaban J connectivity index is 0.000000771. The summed E-state index contributed by atoms with van der Waals surface area (Å²) in [6.07, 6.45) is 0.848. The molecular formula is C16H26FN. The van der Waals surface area contributed by atoms with Crippen molar-refractivity contribution in [3.63, 3.8) is 0 Å². The first kappa shape index (κ1) is 15.2. The Labute approximate surface area is 111 Å². The lowest BCUT2D eigenvalue weighted by Crippen LogP contribution is -2.38. The van der Waals surface area contributed by atoms with Crippen LogP contribution < -0.4 is 0 Å². The van der Waals surface area contributed by atoms with Gasteiger partial charge < -0.3 is 0 Å². The van der Waals surface area contributed by atoms with Crippen LogP contribution in [-0.4, -0.2) is 24.7 Å². The predicted molar refractivity (Wildman–Crippen MR) is 76.8 cm³/mol. The number of rotatable bonds is 2. The number of likely N-dealkylation sites (N-methyl/N-ethyl adjacent to an activating group) is 1. The Morgan fingerprint density at radius 1 is 1.28 bits per heavy atom. The molecule has 0 aliphatic carbocycles. The Morgan fingerprint density at radius 2 is 1.94 bits per heavy atom. The molecule has 102 valence electrons. The van der Waals surface area contributed by atoms with E-state index in [1.54, 1.807) is 0 Å². The van der Waals surface area contributed by atoms with Crippen LogP contribution in [0.5, 0.6) is 0 Å². The molecule has 0 radical (unpaired) electrons. The first-order chi connectivity index (χ1) is 8.61. The number of hydrogen-bond acceptors (Lipinski definition) is 1. The van der Waals surface area contributed by atoms with Crippen LogP contribution in [0, 0.1) is 0 Å². The maximum atomic E-state index is 12.8. The van der Waals surface area contributed by atoms with Gasteiger partial charge in [-0.2, -0.15) is 0 Å². The van der Waals surface area contributed by atoms with Crippen molar-refractivity contribution >= 4 is 0 Å². The average Bonchev–Trinajstić information content (AvgIpc) is 2.39. The van der Waals surface area contributed by atoms with Gasteiger partial charge in [-0.05, 0) is 36.1 Å². The van der Waals surface area contributed by atoms with Gasteiger partial charge in [-0.15, -0.1) is 0 Å². The largest absolute Gasteiger partial charge is 0.296 e. The second kappa shape index (κ2) is 6.89. The molecule has 0 saturated carbocycles. The van der Waals surface area contributed by atoms with Crippen molar-refractivity contribution < 1.29 is 4.39 Å². The number of alkyl halides is 1. The second-order valence-electron chi connectivity index (χ2n) is 5.11. The van der Waals surface area contributed by atoms with Gasteiger partial charge in [0, 0.05) is 12.6 Å². The lowest BCUT2D eigenvalue weighted by Gasteiger charge is -2.32. The van der Waals surface area contributed by atoms with Gasteiger partial charge in [0.1, 0.15) is 6.67 Å². The SMILES string of the molecule is CC.CC(C)c1ccc2c(c1)CN(C)C(CF)C2. The van der Waals surface area contributed by atoms with Crippen LogP contribution in [0.15, 0.2) is 18.2 Å². The predicted octanol–water partition coefficient (Wildman–Crippen LogP) is 4.16. The van der Waals surface area contributed by atoms with Crippen LogP contribution in [0.1, 0.15) is 50.3 Å². The molecule has 1 aromatic carbocycles. The van der Waals surface area contributed by atoms with Crippen LogP contribution >= 0.6 is 0 Å². The fourth-order valence-corrected chi connectivity index (χ4v) is 2.33. The van der Waals surface area contributed by atoms with E-state index < -0.39 is 0 Å². The molecule has 0 fully saturated rings. The first-order valence-electron chi connectivity index (χ1n) is 6.99. The molecule has 0 N–H and O–H groups in total. The highest BCUT2D eigenvalue weighted by Gasteiger charge is 2.23. The summed E-state index contributed by atoms with van der Waals surface area (Å²) in [5.41, 5.74) is 4.08. The van der Waals surface area contributed by atoms with Crippen molar-refractivity contribution in [2.75, 3.05) is 13.7 Å². The maximum absolute atomic E-state index is 12.8. The molecule has 1 aromatic rings. The minimum atomic E-state index is -0.248. The monoisotopic (exact) mass is 251 g/mol. The van der Waals surface area contributed by atoms with E-state index in [-0.39, 0.29) is 12.7 Å². The van der Waals surface area contributed by atoms with Crippen LogP contribution in [0.3, 0.4) is 0 Å². The van der Waals surface area contributed by atoms with Crippen LogP contribution in [0.4, 0.5) is 4.39 Å². The van der Waals surface area contributed by atoms with Crippen molar-refractivity contribution in [3.8, 4) is 0 Å². The van der Waals surface area contributed by atoms with Gasteiger partial charge >= 0.3 is 0 Å². The molecule has 0 aromatic heterocycles. The topological polar surface area (TPSA) is 3.24 Å². The normalized spacial score (nSPS) is 19.2. The van der Waals surface area contributed by atoms with Crippen LogP contribution in [0.2, 0.25) is 0 Å². The summed E-state index contributed by atoms with van der Waals surface area (Å²) in [5.74, 6) is 0.564. The summed E-state index contributed by atoms with van der Waals surface area (Å²) in [6, 6.07) is 6.72. The highest BCUT2D eigenvalue weighted by atomic mass is 19.1. The van der Waals surface area contributed by atoms with E-state index >= 15 is 0 Å². The Bertz CT molecular complexity index is 373. The first-order valence-corrected chi connectivity index (χ1v) is 6.99. The van der Waals surface area contributed by atoms with Gasteiger partial charge in [-0.3, -0.25) is 4.90 Å². The minimum Gasteiger partial charge on any atom is -0.296 e. The fraction of sp³-hybridized carbons (Fsp3) is 0.625. The fourth-order valence-electron chi connectivity index (χ4n) is 2.33. The van der Waals surface area contributed by atoms with E-state index in [2.05, 4.69) is 36.9 Å². The Kier molecular flexibility index (Phi) is 5.80. The van der Waals surface area contributed by atoms with Crippen molar-refractivity contribution in [3.05, 3.63) is 34.9 Å². The van der Waals surface area contributed by atoms with Gasteiger partial charge in [-0.1, -0.05) is 45.9 Å². The summed E-state index contributed by atoms with van der Waals surface area (Å²) in [4.78, 5) is 2.12. The molecule has 1 unspecified atom stereocenters. The highest BCUT2D eigenvalue weighted by Crippen LogP contribution is 2.26. The number of nitrogens with zero attached hydrogens (tertiary/aromatic N) is 1. The van der Waals surface area contributed by atoms with Gasteiger partial charge in [0.2, 0.25) is 0 Å². The van der Waals surface area contributed by atoms with Gasteiger partial charge in [0.25, 0.3) is 0 Å². The molecule has 0 amide bonds. The number of hydrogen-bond donors (Lipinski definition) is 0. The van der Waals surface area contributed by atoms with E-state index in [1.807, 2.05) is 20.9 Å². The van der Waals surface area contributed by atoms with Crippen molar-refractivity contribution in [2.24, 2.45) is 0 Å². The molecule has 1 aliphatic heterocycles. The van der Waals surface area contributed by atoms with Crippen LogP contribution in [-0.2, 0) is 13.0 Å². The maximum Gasteiger partial charge on any atom is 0.105 e. The Hall–Kier alpha value is -0.890. The van der Waals surface area contributed by atoms with E-state index in [4.69, 9.17) is 0 Å². The molecule has 0 saturated heterocycles. The molecule has 18 heavy (non-hydrogen) atoms. The van der Waals surface area contributed by atoms with Gasteiger partial charge in [0.15, 0.2) is 0 Å². The summed E-state index contributed by atoms with van der Waals surface area (Å²) < 4.78 is 12.8. The zero-order valence-corrected chi connectivity index (χ0v) is 12.3. The van der Waals surface area contributed by atoms with Gasteiger partial charge in [-0.25, -0.2) is 4.39 Å². The van der Waals surface area contributed by atoms with E-state index in [9.17, 15) is 4.39 Å². The molecular weight excluding hydrogens is 225 g/mol. The zero-order valence-electron chi connectivity index (χ0n) is 12.3. The molecule has 1 nitrogen and oxygen atoms in total. The smallest absolute Gasteiger partial charge is 0.105 e. The lowest BCUT2D eigenvalue weighted by molar-refractivity contribution is 0.179. The summed E-state index contributed by atoms with van der Waals surface area (Å²) >= 11 is 0. The molecule has 0 spiro atoms. The van der Waals surface area contributed by atoms with Crippen molar-refractivity contribution in [1.82, 2.24) is 4.90 Å². The van der Waals surface area contributed by atoms with Crippen molar-refractivity contribution in [2.45, 2.75) is 52.6 Å². The molecule has 1 heterocycles. The highest BCUT2D eigenvalue weighted by molar-refractivity contribution is 5.35. The number of halogens is 1. The van der Waals surface area contributed by atoms with E-state index in [0.717, 1.165) is 13.0 Å². The molecule has 1 atom stereocenters.